The topological polar surface area (TPSA) is 99.0 Å². The molecule has 1 aromatic carbocycles. The standard InChI is InChI=1S/C28H34ClN5O4S/c1-16-10-23(39-5)21(27(36)32-16)13-30-26(35)20-11-22(29)25-24(17(20)2)37-28(3,38-25)19-6-8-34(9-7-19)15-18-12-31-33(4)14-18/h10-12,14,18-19H,6-9,13,15H2,1-5H3,(H-,30,32,35,36)/p+1. The lowest BCUT2D eigenvalue weighted by molar-refractivity contribution is -0.494. The Morgan fingerprint density at radius 2 is 2.00 bits per heavy atom. The number of piperidine rings is 1. The van der Waals surface area contributed by atoms with Crippen molar-refractivity contribution < 1.29 is 19.0 Å². The molecule has 3 aliphatic rings. The van der Waals surface area contributed by atoms with Gasteiger partial charge in [-0.05, 0) is 63.3 Å². The van der Waals surface area contributed by atoms with E-state index in [0.717, 1.165) is 43.1 Å². The lowest BCUT2D eigenvalue weighted by Gasteiger charge is -2.39. The van der Waals surface area contributed by atoms with Gasteiger partial charge in [0.1, 0.15) is 0 Å². The number of H-pyrrole nitrogens is 1. The molecule has 3 aliphatic heterocycles. The molecule has 2 unspecified atom stereocenters. The predicted octanol–water partition coefficient (Wildman–Crippen LogP) is 3.83. The van der Waals surface area contributed by atoms with E-state index < -0.39 is 5.79 Å². The Morgan fingerprint density at radius 3 is 2.67 bits per heavy atom. The number of likely N-dealkylation sites (tertiary alicyclic amines) is 1. The van der Waals surface area contributed by atoms with Crippen molar-refractivity contribution in [3.63, 3.8) is 0 Å². The Bertz CT molecular complexity index is 1420. The predicted molar refractivity (Wildman–Crippen MR) is 154 cm³/mol. The van der Waals surface area contributed by atoms with Gasteiger partial charge in [0, 0.05) is 53.2 Å². The van der Waals surface area contributed by atoms with Gasteiger partial charge < -0.3 is 24.7 Å². The molecule has 0 spiro atoms. The summed E-state index contributed by atoms with van der Waals surface area (Å²) < 4.78 is 14.7. The number of carbonyl (C=O) groups is 1. The number of benzene rings is 1. The number of carbonyl (C=O) groups excluding carboxylic acids is 1. The van der Waals surface area contributed by atoms with Crippen LogP contribution in [0.5, 0.6) is 11.5 Å². The van der Waals surface area contributed by atoms with Gasteiger partial charge in [0.05, 0.1) is 17.2 Å². The molecule has 0 saturated carbocycles. The lowest BCUT2D eigenvalue weighted by Crippen LogP contribution is -2.49. The summed E-state index contributed by atoms with van der Waals surface area (Å²) in [5.74, 6) is 0.323. The van der Waals surface area contributed by atoms with Crippen molar-refractivity contribution in [2.24, 2.45) is 16.9 Å². The van der Waals surface area contributed by atoms with E-state index in [-0.39, 0.29) is 23.9 Å². The van der Waals surface area contributed by atoms with Gasteiger partial charge in [0.2, 0.25) is 0 Å². The first-order valence-corrected chi connectivity index (χ1v) is 14.8. The molecule has 4 heterocycles. The summed E-state index contributed by atoms with van der Waals surface area (Å²) in [7, 11) is 1.95. The third-order valence-electron chi connectivity index (χ3n) is 7.81. The van der Waals surface area contributed by atoms with E-state index >= 15 is 0 Å². The van der Waals surface area contributed by atoms with Gasteiger partial charge in [-0.15, -0.1) is 11.8 Å². The number of thioether (sulfide) groups is 1. The Hall–Kier alpha value is -2.82. The molecule has 2 atom stereocenters. The van der Waals surface area contributed by atoms with Crippen LogP contribution < -0.4 is 20.3 Å². The number of halogens is 1. The molecule has 208 valence electrons. The second kappa shape index (κ2) is 11.0. The number of amides is 1. The maximum absolute atomic E-state index is 13.2. The number of pyridine rings is 1. The van der Waals surface area contributed by atoms with Crippen LogP contribution in [0.3, 0.4) is 0 Å². The monoisotopic (exact) mass is 572 g/mol. The summed E-state index contributed by atoms with van der Waals surface area (Å²) in [4.78, 5) is 31.8. The van der Waals surface area contributed by atoms with Crippen molar-refractivity contribution in [3.05, 3.63) is 49.9 Å². The summed E-state index contributed by atoms with van der Waals surface area (Å²) in [6, 6.07) is 3.52. The van der Waals surface area contributed by atoms with E-state index in [9.17, 15) is 9.59 Å². The fraction of sp³-hybridized carbons (Fsp3) is 0.500. The second-order valence-corrected chi connectivity index (χ2v) is 11.9. The number of rotatable bonds is 7. The number of ether oxygens (including phenoxy) is 2. The van der Waals surface area contributed by atoms with Crippen LogP contribution in [-0.2, 0) is 6.54 Å². The van der Waals surface area contributed by atoms with Crippen LogP contribution in [0.4, 0.5) is 0 Å². The molecule has 9 nitrogen and oxygen atoms in total. The quantitative estimate of drug-likeness (QED) is 0.386. The molecule has 1 saturated heterocycles. The molecule has 1 amide bonds. The third-order valence-corrected chi connectivity index (χ3v) is 8.90. The summed E-state index contributed by atoms with van der Waals surface area (Å²) in [6.07, 6.45) is 7.89. The van der Waals surface area contributed by atoms with E-state index in [0.29, 0.717) is 39.1 Å². The second-order valence-electron chi connectivity index (χ2n) is 10.6. The first kappa shape index (κ1) is 27.7. The van der Waals surface area contributed by atoms with E-state index in [1.165, 1.54) is 11.8 Å². The van der Waals surface area contributed by atoms with Gasteiger partial charge in [0.15, 0.2) is 24.8 Å². The van der Waals surface area contributed by atoms with Crippen molar-refractivity contribution in [1.29, 1.82) is 0 Å². The number of aromatic nitrogens is 1. The van der Waals surface area contributed by atoms with Crippen LogP contribution in [0.2, 0.25) is 5.02 Å². The number of nitrogens with zero attached hydrogens (tertiary/aromatic N) is 3. The number of aromatic amines is 1. The largest absolute Gasteiger partial charge is 0.448 e. The SMILES string of the molecule is CSc1cc(C)[nH]c(=O)c1CNC(=O)c1cc(Cl)c2c(c1C)OC(C)(C1CCN(CC3C=N[N+](C)=C3)CC1)O2. The average Bonchev–Trinajstić information content (AvgIpc) is 3.49. The lowest BCUT2D eigenvalue weighted by atomic mass is 9.89. The zero-order chi connectivity index (χ0) is 27.9. The van der Waals surface area contributed by atoms with Gasteiger partial charge in [0.25, 0.3) is 17.3 Å². The molecule has 1 fully saturated rings. The van der Waals surface area contributed by atoms with Crippen molar-refractivity contribution in [3.8, 4) is 11.5 Å². The zero-order valence-corrected chi connectivity index (χ0v) is 24.5. The van der Waals surface area contributed by atoms with Gasteiger partial charge >= 0.3 is 0 Å². The highest BCUT2D eigenvalue weighted by atomic mass is 35.5. The van der Waals surface area contributed by atoms with Crippen LogP contribution in [0.25, 0.3) is 0 Å². The van der Waals surface area contributed by atoms with Crippen LogP contribution in [0.1, 0.15) is 46.9 Å². The fourth-order valence-corrected chi connectivity index (χ4v) is 6.56. The number of hydrazone groups is 1. The van der Waals surface area contributed by atoms with Gasteiger partial charge in [-0.1, -0.05) is 16.3 Å². The van der Waals surface area contributed by atoms with Crippen LogP contribution in [0.15, 0.2) is 26.9 Å². The first-order valence-electron chi connectivity index (χ1n) is 13.2. The average molecular weight is 573 g/mol. The zero-order valence-electron chi connectivity index (χ0n) is 23.0. The molecule has 0 radical (unpaired) electrons. The van der Waals surface area contributed by atoms with Crippen molar-refractivity contribution in [2.75, 3.05) is 32.9 Å². The Balaban J connectivity index is 1.26. The molecule has 39 heavy (non-hydrogen) atoms. The smallest absolute Gasteiger partial charge is 0.254 e. The normalized spacial score (nSPS) is 22.8. The van der Waals surface area contributed by atoms with E-state index in [2.05, 4.69) is 26.5 Å². The number of hydrogen-bond acceptors (Lipinski definition) is 7. The van der Waals surface area contributed by atoms with Crippen LogP contribution in [0, 0.1) is 25.7 Å². The van der Waals surface area contributed by atoms with Gasteiger partial charge in [-0.25, -0.2) is 0 Å². The first-order chi connectivity index (χ1) is 18.6. The maximum atomic E-state index is 13.2. The van der Waals surface area contributed by atoms with E-state index in [1.54, 1.807) is 6.07 Å². The van der Waals surface area contributed by atoms with Crippen LogP contribution >= 0.6 is 23.4 Å². The molecular formula is C28H35ClN5O4S+. The molecule has 11 heteroatoms. The summed E-state index contributed by atoms with van der Waals surface area (Å²) in [5, 5.41) is 7.52. The highest BCUT2D eigenvalue weighted by Gasteiger charge is 2.47. The van der Waals surface area contributed by atoms with Gasteiger partial charge in [-0.3, -0.25) is 9.59 Å². The van der Waals surface area contributed by atoms with Crippen LogP contribution in [-0.4, -0.2) is 71.6 Å². The molecule has 1 aromatic heterocycles. The minimum absolute atomic E-state index is 0.104. The number of nitrogens with one attached hydrogen (secondary N) is 2. The highest BCUT2D eigenvalue weighted by molar-refractivity contribution is 7.98. The number of aryl methyl sites for hydroxylation is 1. The minimum Gasteiger partial charge on any atom is -0.448 e. The summed E-state index contributed by atoms with van der Waals surface area (Å²) in [6.45, 7) is 8.58. The molecule has 2 aromatic rings. The third kappa shape index (κ3) is 5.60. The molecule has 0 bridgehead atoms. The Morgan fingerprint density at radius 1 is 1.28 bits per heavy atom. The molecule has 0 aliphatic carbocycles. The fourth-order valence-electron chi connectivity index (χ4n) is 5.63. The molecule has 5 rings (SSSR count). The molecule has 2 N–H and O–H groups in total. The number of hydrogen-bond donors (Lipinski definition) is 2. The Labute approximate surface area is 237 Å². The van der Waals surface area contributed by atoms with Crippen molar-refractivity contribution in [2.45, 2.75) is 50.8 Å². The van der Waals surface area contributed by atoms with E-state index in [4.69, 9.17) is 21.1 Å². The number of fused-ring (bicyclic) bond motifs is 1. The van der Waals surface area contributed by atoms with Crippen molar-refractivity contribution >= 4 is 41.7 Å². The minimum atomic E-state index is -0.860. The maximum Gasteiger partial charge on any atom is 0.254 e. The summed E-state index contributed by atoms with van der Waals surface area (Å²) in [5.41, 5.74) is 2.16. The van der Waals surface area contributed by atoms with E-state index in [1.807, 2.05) is 51.0 Å². The Kier molecular flexibility index (Phi) is 7.81. The van der Waals surface area contributed by atoms with Crippen molar-refractivity contribution in [1.82, 2.24) is 15.2 Å². The molecular weight excluding hydrogens is 538 g/mol. The summed E-state index contributed by atoms with van der Waals surface area (Å²) >= 11 is 8.10. The highest BCUT2D eigenvalue weighted by Crippen LogP contribution is 2.51. The van der Waals surface area contributed by atoms with Gasteiger partial charge in [-0.2, -0.15) is 0 Å².